The molecule has 0 aliphatic carbocycles. The first kappa shape index (κ1) is 13.6. The molecule has 1 heterocycles. The highest BCUT2D eigenvalue weighted by molar-refractivity contribution is 14.2. The molecule has 0 spiro atoms. The van der Waals surface area contributed by atoms with Gasteiger partial charge in [0.05, 0.1) is 15.8 Å². The average molecular weight is 363 g/mol. The van der Waals surface area contributed by atoms with E-state index in [1.54, 1.807) is 0 Å². The minimum absolute atomic E-state index is 0.669. The fourth-order valence-electron chi connectivity index (χ4n) is 2.50. The lowest BCUT2D eigenvalue weighted by molar-refractivity contribution is 0.242. The highest BCUT2D eigenvalue weighted by atomic mass is 127. The molecule has 17 heavy (non-hydrogen) atoms. The highest BCUT2D eigenvalue weighted by Gasteiger charge is 2.28. The summed E-state index contributed by atoms with van der Waals surface area (Å²) in [7, 11) is 1.45. The Balaban J connectivity index is 1.86. The molecule has 0 aromatic heterocycles. The van der Waals surface area contributed by atoms with E-state index in [0.29, 0.717) is 12.0 Å². The molecule has 0 bridgehead atoms. The van der Waals surface area contributed by atoms with E-state index in [1.165, 1.54) is 21.2 Å². The van der Waals surface area contributed by atoms with Crippen molar-refractivity contribution in [3.05, 3.63) is 35.9 Å². The van der Waals surface area contributed by atoms with Crippen molar-refractivity contribution in [2.75, 3.05) is 13.2 Å². The van der Waals surface area contributed by atoms with Gasteiger partial charge in [-0.3, -0.25) is 4.90 Å². The van der Waals surface area contributed by atoms with Gasteiger partial charge in [-0.15, -0.1) is 0 Å². The van der Waals surface area contributed by atoms with Crippen molar-refractivity contribution in [1.82, 2.24) is 4.90 Å². The number of hydrogen-bond donors (Lipinski definition) is 0. The van der Waals surface area contributed by atoms with Crippen molar-refractivity contribution in [3.63, 3.8) is 0 Å². The molecule has 2 atom stereocenters. The molecule has 0 N–H and O–H groups in total. The predicted octanol–water partition coefficient (Wildman–Crippen LogP) is 3.91. The van der Waals surface area contributed by atoms with E-state index in [0.717, 1.165) is 19.7 Å². The Kier molecular flexibility index (Phi) is 5.59. The maximum Gasteiger partial charge on any atom is 0.0664 e. The molecule has 1 aromatic rings. The fourth-order valence-corrected chi connectivity index (χ4v) is 3.18. The summed E-state index contributed by atoms with van der Waals surface area (Å²) < 4.78 is 5.44. The summed E-state index contributed by atoms with van der Waals surface area (Å²) in [6.07, 6.45) is 1.25. The minimum atomic E-state index is 0.669. The standard InChI is InChI=1S/C13H18INOS/c1-11-7-13(10-16-17-14)9-15(11)8-12-5-3-2-4-6-12/h2-6,11,13H,7-10H2,1H3/t11-,13-/m1/s1. The smallest absolute Gasteiger partial charge is 0.0664 e. The van der Waals surface area contributed by atoms with Crippen LogP contribution in [0.1, 0.15) is 18.9 Å². The van der Waals surface area contributed by atoms with Gasteiger partial charge in [0, 0.05) is 40.3 Å². The van der Waals surface area contributed by atoms with Crippen LogP contribution in [0.15, 0.2) is 30.3 Å². The van der Waals surface area contributed by atoms with Crippen LogP contribution in [0.25, 0.3) is 0 Å². The Morgan fingerprint density at radius 2 is 2.18 bits per heavy atom. The molecule has 0 saturated carbocycles. The molecular weight excluding hydrogens is 345 g/mol. The van der Waals surface area contributed by atoms with Gasteiger partial charge in [0.25, 0.3) is 0 Å². The van der Waals surface area contributed by atoms with Gasteiger partial charge < -0.3 is 4.18 Å². The van der Waals surface area contributed by atoms with Crippen LogP contribution >= 0.6 is 30.4 Å². The highest BCUT2D eigenvalue weighted by Crippen LogP contribution is 2.26. The van der Waals surface area contributed by atoms with Gasteiger partial charge in [0.2, 0.25) is 0 Å². The molecule has 2 rings (SSSR count). The SMILES string of the molecule is C[C@@H]1C[C@@H](COSI)CN1Cc1ccccc1. The van der Waals surface area contributed by atoms with E-state index in [4.69, 9.17) is 4.18 Å². The quantitative estimate of drug-likeness (QED) is 0.581. The summed E-state index contributed by atoms with van der Waals surface area (Å²) in [6, 6.07) is 11.4. The van der Waals surface area contributed by atoms with E-state index in [1.807, 2.05) is 0 Å². The Morgan fingerprint density at radius 1 is 1.41 bits per heavy atom. The largest absolute Gasteiger partial charge is 0.305 e. The van der Waals surface area contributed by atoms with Crippen molar-refractivity contribution in [2.45, 2.75) is 25.9 Å². The number of rotatable bonds is 5. The molecule has 0 amide bonds. The molecule has 1 aromatic carbocycles. The second kappa shape index (κ2) is 6.97. The summed E-state index contributed by atoms with van der Waals surface area (Å²) in [5.41, 5.74) is 1.41. The second-order valence-electron chi connectivity index (χ2n) is 4.71. The summed E-state index contributed by atoms with van der Waals surface area (Å²) in [6.45, 7) is 5.42. The fraction of sp³-hybridized carbons (Fsp3) is 0.538. The Bertz CT molecular complexity index is 335. The van der Waals surface area contributed by atoms with Gasteiger partial charge in [-0.25, -0.2) is 0 Å². The first-order valence-electron chi connectivity index (χ1n) is 5.97. The number of hydrogen-bond acceptors (Lipinski definition) is 3. The maximum absolute atomic E-state index is 5.44. The van der Waals surface area contributed by atoms with Gasteiger partial charge in [-0.05, 0) is 24.8 Å². The van der Waals surface area contributed by atoms with Crippen molar-refractivity contribution >= 4 is 30.4 Å². The van der Waals surface area contributed by atoms with Crippen LogP contribution in [-0.2, 0) is 10.7 Å². The van der Waals surface area contributed by atoms with Crippen molar-refractivity contribution in [1.29, 1.82) is 0 Å². The van der Waals surface area contributed by atoms with Crippen LogP contribution < -0.4 is 0 Å². The van der Waals surface area contributed by atoms with Gasteiger partial charge in [-0.2, -0.15) is 0 Å². The van der Waals surface area contributed by atoms with Gasteiger partial charge in [0.15, 0.2) is 0 Å². The van der Waals surface area contributed by atoms with E-state index >= 15 is 0 Å². The first-order chi connectivity index (χ1) is 8.29. The van der Waals surface area contributed by atoms with E-state index in [-0.39, 0.29) is 0 Å². The molecule has 2 nitrogen and oxygen atoms in total. The third-order valence-electron chi connectivity index (χ3n) is 3.37. The number of likely N-dealkylation sites (tertiary alicyclic amines) is 1. The lowest BCUT2D eigenvalue weighted by Crippen LogP contribution is -2.26. The Hall–Kier alpha value is 0.220. The van der Waals surface area contributed by atoms with Crippen LogP contribution in [0.5, 0.6) is 0 Å². The van der Waals surface area contributed by atoms with Crippen LogP contribution in [0.2, 0.25) is 0 Å². The summed E-state index contributed by atoms with van der Waals surface area (Å²) in [5.74, 6) is 0.691. The summed E-state index contributed by atoms with van der Waals surface area (Å²) in [4.78, 5) is 2.56. The minimum Gasteiger partial charge on any atom is -0.305 e. The normalized spacial score (nSPS) is 25.3. The number of benzene rings is 1. The monoisotopic (exact) mass is 363 g/mol. The van der Waals surface area contributed by atoms with Crippen LogP contribution in [-0.4, -0.2) is 24.1 Å². The summed E-state index contributed by atoms with van der Waals surface area (Å²) in [5, 5.41) is 0. The number of nitrogens with zero attached hydrogens (tertiary/aromatic N) is 1. The molecule has 0 radical (unpaired) electrons. The van der Waals surface area contributed by atoms with Gasteiger partial charge in [-0.1, -0.05) is 30.3 Å². The van der Waals surface area contributed by atoms with E-state index in [2.05, 4.69) is 63.4 Å². The molecular formula is C13H18INOS. The topological polar surface area (TPSA) is 12.5 Å². The van der Waals surface area contributed by atoms with E-state index < -0.39 is 0 Å². The molecule has 94 valence electrons. The zero-order valence-corrected chi connectivity index (χ0v) is 13.0. The molecule has 1 aliphatic rings. The molecule has 1 saturated heterocycles. The van der Waals surface area contributed by atoms with E-state index in [9.17, 15) is 0 Å². The second-order valence-corrected chi connectivity index (χ2v) is 6.15. The lowest BCUT2D eigenvalue weighted by atomic mass is 10.1. The molecule has 1 fully saturated rings. The van der Waals surface area contributed by atoms with Crippen molar-refractivity contribution < 1.29 is 4.18 Å². The van der Waals surface area contributed by atoms with Crippen LogP contribution in [0, 0.1) is 5.92 Å². The summed E-state index contributed by atoms with van der Waals surface area (Å²) >= 11 is 2.18. The Morgan fingerprint density at radius 3 is 2.88 bits per heavy atom. The van der Waals surface area contributed by atoms with Crippen molar-refractivity contribution in [2.24, 2.45) is 5.92 Å². The lowest BCUT2D eigenvalue weighted by Gasteiger charge is -2.20. The van der Waals surface area contributed by atoms with Crippen LogP contribution in [0.3, 0.4) is 0 Å². The van der Waals surface area contributed by atoms with Crippen molar-refractivity contribution in [3.8, 4) is 0 Å². The third-order valence-corrected chi connectivity index (χ3v) is 4.36. The molecule has 1 aliphatic heterocycles. The average Bonchev–Trinajstić information content (AvgIpc) is 2.69. The van der Waals surface area contributed by atoms with Gasteiger partial charge in [0.1, 0.15) is 0 Å². The Labute approximate surface area is 120 Å². The zero-order chi connectivity index (χ0) is 12.1. The van der Waals surface area contributed by atoms with Crippen LogP contribution in [0.4, 0.5) is 0 Å². The molecule has 4 heteroatoms. The predicted molar refractivity (Wildman–Crippen MR) is 82.0 cm³/mol. The third kappa shape index (κ3) is 4.12. The first-order valence-corrected chi connectivity index (χ1v) is 9.26. The molecule has 0 unspecified atom stereocenters. The van der Waals surface area contributed by atoms with Gasteiger partial charge >= 0.3 is 0 Å². The maximum atomic E-state index is 5.44. The zero-order valence-electron chi connectivity index (χ0n) is 10.0. The number of halogens is 1.